The van der Waals surface area contributed by atoms with E-state index >= 15 is 0 Å². The minimum Gasteiger partial charge on any atom is -0.460 e. The van der Waals surface area contributed by atoms with Gasteiger partial charge in [-0.3, -0.25) is 14.9 Å². The number of nitrogens with zero attached hydrogens (tertiary/aromatic N) is 1. The van der Waals surface area contributed by atoms with Gasteiger partial charge in [0.1, 0.15) is 25.0 Å². The van der Waals surface area contributed by atoms with E-state index in [0.29, 0.717) is 11.1 Å². The summed E-state index contributed by atoms with van der Waals surface area (Å²) in [6.45, 7) is -0.435. The predicted octanol–water partition coefficient (Wildman–Crippen LogP) is 2.01. The van der Waals surface area contributed by atoms with E-state index in [2.05, 4.69) is 0 Å². The number of carbonyl (C=O) groups excluding carboxylic acids is 3. The number of carbonyl (C=O) groups is 3. The Morgan fingerprint density at radius 3 is 1.81 bits per heavy atom. The van der Waals surface area contributed by atoms with Crippen molar-refractivity contribution in [3.05, 3.63) is 106 Å². The van der Waals surface area contributed by atoms with Crippen LogP contribution in [-0.4, -0.2) is 34.4 Å². The number of esters is 3. The summed E-state index contributed by atoms with van der Waals surface area (Å²) in [6.07, 6.45) is 0. The van der Waals surface area contributed by atoms with Crippen LogP contribution in [0.3, 0.4) is 0 Å². The van der Waals surface area contributed by atoms with E-state index in [-0.39, 0.29) is 24.7 Å². The largest absolute Gasteiger partial charge is 0.460 e. The molecule has 4 N–H and O–H groups in total. The zero-order valence-corrected chi connectivity index (χ0v) is 18.9. The van der Waals surface area contributed by atoms with Gasteiger partial charge >= 0.3 is 17.9 Å². The molecule has 11 nitrogen and oxygen atoms in total. The van der Waals surface area contributed by atoms with E-state index in [0.717, 1.165) is 24.3 Å². The van der Waals surface area contributed by atoms with E-state index in [1.165, 1.54) is 0 Å². The Kier molecular flexibility index (Phi) is 8.44. The second kappa shape index (κ2) is 11.7. The van der Waals surface area contributed by atoms with Crippen LogP contribution in [0.25, 0.3) is 0 Å². The minimum absolute atomic E-state index is 0.166. The van der Waals surface area contributed by atoms with Gasteiger partial charge in [-0.25, -0.2) is 9.59 Å². The first-order valence-corrected chi connectivity index (χ1v) is 10.6. The second-order valence-electron chi connectivity index (χ2n) is 7.64. The van der Waals surface area contributed by atoms with Gasteiger partial charge in [0.2, 0.25) is 5.54 Å². The van der Waals surface area contributed by atoms with Crippen LogP contribution < -0.4 is 16.2 Å². The molecule has 3 aromatic rings. The van der Waals surface area contributed by atoms with Gasteiger partial charge in [-0.1, -0.05) is 60.7 Å². The molecule has 0 aliphatic heterocycles. The quantitative estimate of drug-likeness (QED) is 0.140. The third-order valence-corrected chi connectivity index (χ3v) is 5.11. The molecule has 0 bridgehead atoms. The lowest BCUT2D eigenvalue weighted by molar-refractivity contribution is -0.384. The normalized spacial score (nSPS) is 13.1. The molecular formula is C25H23N3O8. The fourth-order valence-electron chi connectivity index (χ4n) is 3.01. The standard InChI is InChI=1S/C25H23N3O8/c26-21(22(29)34-15-17-7-3-1-4-8-17)25(27,23(30)35-16-18-9-5-2-6-10-18)24(31)36-20-13-11-19(12-14-20)28(32)33/h1-14,21H,15-16,26-27H2. The highest BCUT2D eigenvalue weighted by atomic mass is 16.6. The Balaban J connectivity index is 1.81. The topological polar surface area (TPSA) is 174 Å². The molecule has 0 amide bonds. The van der Waals surface area contributed by atoms with Crippen molar-refractivity contribution in [2.45, 2.75) is 24.8 Å². The molecule has 0 aromatic heterocycles. The maximum atomic E-state index is 13.1. The molecule has 2 atom stereocenters. The molecule has 0 aliphatic rings. The van der Waals surface area contributed by atoms with Crippen LogP contribution >= 0.6 is 0 Å². The van der Waals surface area contributed by atoms with Crippen molar-refractivity contribution in [2.24, 2.45) is 11.5 Å². The molecule has 186 valence electrons. The van der Waals surface area contributed by atoms with Crippen molar-refractivity contribution in [2.75, 3.05) is 0 Å². The van der Waals surface area contributed by atoms with E-state index in [9.17, 15) is 24.5 Å². The number of hydrogen-bond donors (Lipinski definition) is 2. The molecule has 2 unspecified atom stereocenters. The van der Waals surface area contributed by atoms with Crippen molar-refractivity contribution in [1.29, 1.82) is 0 Å². The van der Waals surface area contributed by atoms with Crippen molar-refractivity contribution < 1.29 is 33.5 Å². The Morgan fingerprint density at radius 1 is 0.806 bits per heavy atom. The Hall–Kier alpha value is -4.61. The van der Waals surface area contributed by atoms with Gasteiger partial charge < -0.3 is 25.7 Å². The lowest BCUT2D eigenvalue weighted by atomic mass is 9.91. The number of nitrogens with two attached hydrogens (primary N) is 2. The van der Waals surface area contributed by atoms with Crippen molar-refractivity contribution in [3.8, 4) is 5.75 Å². The molecule has 11 heteroatoms. The maximum Gasteiger partial charge on any atom is 0.345 e. The highest BCUT2D eigenvalue weighted by molar-refractivity contribution is 6.10. The highest BCUT2D eigenvalue weighted by Gasteiger charge is 2.55. The summed E-state index contributed by atoms with van der Waals surface area (Å²) < 4.78 is 15.5. The lowest BCUT2D eigenvalue weighted by Gasteiger charge is -2.29. The molecule has 0 heterocycles. The third-order valence-electron chi connectivity index (χ3n) is 5.11. The summed E-state index contributed by atoms with van der Waals surface area (Å²) in [5.41, 5.74) is 10.3. The average molecular weight is 493 g/mol. The fourth-order valence-corrected chi connectivity index (χ4v) is 3.01. The highest BCUT2D eigenvalue weighted by Crippen LogP contribution is 2.21. The van der Waals surface area contributed by atoms with Crippen molar-refractivity contribution in [3.63, 3.8) is 0 Å². The van der Waals surface area contributed by atoms with Crippen LogP contribution in [0.5, 0.6) is 5.75 Å². The number of hydrogen-bond acceptors (Lipinski definition) is 10. The first kappa shape index (κ1) is 26.0. The summed E-state index contributed by atoms with van der Waals surface area (Å²) >= 11 is 0. The van der Waals surface area contributed by atoms with Crippen molar-refractivity contribution >= 4 is 23.6 Å². The number of benzene rings is 3. The average Bonchev–Trinajstić information content (AvgIpc) is 2.90. The first-order chi connectivity index (χ1) is 17.2. The molecule has 0 spiro atoms. The number of nitro benzene ring substituents is 1. The van der Waals surface area contributed by atoms with Crippen LogP contribution in [-0.2, 0) is 37.1 Å². The summed E-state index contributed by atoms with van der Waals surface area (Å²) in [5.74, 6) is -4.03. The first-order valence-electron chi connectivity index (χ1n) is 10.6. The van der Waals surface area contributed by atoms with Gasteiger partial charge in [0.05, 0.1) is 4.92 Å². The maximum absolute atomic E-state index is 13.1. The van der Waals surface area contributed by atoms with Gasteiger partial charge in [0, 0.05) is 12.1 Å². The molecule has 3 rings (SSSR count). The Labute approximate surface area is 205 Å². The molecule has 36 heavy (non-hydrogen) atoms. The summed E-state index contributed by atoms with van der Waals surface area (Å²) in [6, 6.07) is 19.6. The van der Waals surface area contributed by atoms with Gasteiger partial charge in [-0.2, -0.15) is 0 Å². The van der Waals surface area contributed by atoms with Gasteiger partial charge in [0.15, 0.2) is 0 Å². The van der Waals surface area contributed by atoms with E-state index in [1.54, 1.807) is 60.7 Å². The Bertz CT molecular complexity index is 1220. The zero-order valence-electron chi connectivity index (χ0n) is 18.9. The van der Waals surface area contributed by atoms with Crippen LogP contribution in [0.1, 0.15) is 11.1 Å². The van der Waals surface area contributed by atoms with Crippen LogP contribution in [0.15, 0.2) is 84.9 Å². The van der Waals surface area contributed by atoms with E-state index < -0.39 is 34.4 Å². The number of non-ortho nitro benzene ring substituents is 1. The molecular weight excluding hydrogens is 470 g/mol. The summed E-state index contributed by atoms with van der Waals surface area (Å²) in [4.78, 5) is 49.0. The lowest BCUT2D eigenvalue weighted by Crippen LogP contribution is -2.70. The molecule has 0 radical (unpaired) electrons. The summed E-state index contributed by atoms with van der Waals surface area (Å²) in [5, 5.41) is 10.8. The van der Waals surface area contributed by atoms with Gasteiger partial charge in [0.25, 0.3) is 5.69 Å². The SMILES string of the molecule is NC(C(=O)OCc1ccccc1)C(N)(C(=O)OCc1ccccc1)C(=O)Oc1ccc([N+](=O)[O-])cc1. The fraction of sp³-hybridized carbons (Fsp3) is 0.160. The monoisotopic (exact) mass is 493 g/mol. The third kappa shape index (κ3) is 6.29. The van der Waals surface area contributed by atoms with E-state index in [4.69, 9.17) is 25.7 Å². The molecule has 0 aliphatic carbocycles. The zero-order chi connectivity index (χ0) is 26.1. The Morgan fingerprint density at radius 2 is 1.31 bits per heavy atom. The number of rotatable bonds is 10. The predicted molar refractivity (Wildman–Crippen MR) is 126 cm³/mol. The van der Waals surface area contributed by atoms with E-state index in [1.807, 2.05) is 0 Å². The second-order valence-corrected chi connectivity index (χ2v) is 7.64. The molecule has 0 fully saturated rings. The number of ether oxygens (including phenoxy) is 3. The van der Waals surface area contributed by atoms with Crippen LogP contribution in [0.4, 0.5) is 5.69 Å². The summed E-state index contributed by atoms with van der Waals surface area (Å²) in [7, 11) is 0. The molecule has 0 saturated carbocycles. The molecule has 3 aromatic carbocycles. The van der Waals surface area contributed by atoms with Crippen LogP contribution in [0.2, 0.25) is 0 Å². The van der Waals surface area contributed by atoms with Crippen LogP contribution in [0, 0.1) is 10.1 Å². The van der Waals surface area contributed by atoms with Crippen molar-refractivity contribution in [1.82, 2.24) is 0 Å². The number of nitro groups is 1. The van der Waals surface area contributed by atoms with Gasteiger partial charge in [-0.05, 0) is 23.3 Å². The minimum atomic E-state index is -2.79. The smallest absolute Gasteiger partial charge is 0.345 e. The van der Waals surface area contributed by atoms with Gasteiger partial charge in [-0.15, -0.1) is 0 Å². The molecule has 0 saturated heterocycles.